The minimum absolute atomic E-state index is 0.235. The second-order valence-corrected chi connectivity index (χ2v) is 7.58. The number of urea groups is 1. The molecule has 0 atom stereocenters. The number of rotatable bonds is 2. The molecule has 3 aromatic rings. The fourth-order valence-electron chi connectivity index (χ4n) is 3.68. The van der Waals surface area contributed by atoms with Crippen molar-refractivity contribution in [2.24, 2.45) is 0 Å². The van der Waals surface area contributed by atoms with Crippen LogP contribution in [-0.2, 0) is 0 Å². The number of carbonyl (C=O) groups is 1. The lowest BCUT2D eigenvalue weighted by atomic mass is 10.1. The third kappa shape index (κ3) is 3.92. The van der Waals surface area contributed by atoms with E-state index in [9.17, 15) is 14.9 Å². The molecule has 0 unspecified atom stereocenters. The van der Waals surface area contributed by atoms with Gasteiger partial charge in [0.15, 0.2) is 5.82 Å². The summed E-state index contributed by atoms with van der Waals surface area (Å²) < 4.78 is 5.25. The summed E-state index contributed by atoms with van der Waals surface area (Å²) in [5.74, 6) is 0.561. The van der Waals surface area contributed by atoms with Gasteiger partial charge in [0.05, 0.1) is 5.69 Å². The Hall–Kier alpha value is -3.93. The number of nitriles is 1. The van der Waals surface area contributed by atoms with Gasteiger partial charge in [-0.1, -0.05) is 0 Å². The number of fused-ring (bicyclic) bond motifs is 1. The van der Waals surface area contributed by atoms with E-state index >= 15 is 0 Å². The number of anilines is 2. The summed E-state index contributed by atoms with van der Waals surface area (Å²) in [6, 6.07) is 8.69. The Morgan fingerprint density at radius 1 is 1.13 bits per heavy atom. The highest BCUT2D eigenvalue weighted by molar-refractivity contribution is 5.92. The maximum Gasteiger partial charge on any atom is 0.336 e. The van der Waals surface area contributed by atoms with Gasteiger partial charge in [0.1, 0.15) is 17.2 Å². The van der Waals surface area contributed by atoms with Gasteiger partial charge in [-0.25, -0.2) is 9.59 Å². The zero-order chi connectivity index (χ0) is 22.1. The third-order valence-corrected chi connectivity index (χ3v) is 5.62. The van der Waals surface area contributed by atoms with Crippen molar-refractivity contribution in [1.82, 2.24) is 15.1 Å². The molecule has 31 heavy (non-hydrogen) atoms. The highest BCUT2D eigenvalue weighted by Crippen LogP contribution is 2.23. The number of nitrogens with zero attached hydrogens (tertiary/aromatic N) is 5. The minimum atomic E-state index is -0.421. The Labute approximate surface area is 178 Å². The fourth-order valence-corrected chi connectivity index (χ4v) is 3.68. The first kappa shape index (κ1) is 20.3. The van der Waals surface area contributed by atoms with Gasteiger partial charge in [-0.3, -0.25) is 0 Å². The number of aromatic nitrogens is 2. The zero-order valence-corrected chi connectivity index (χ0v) is 17.6. The average molecular weight is 418 g/mol. The topological polar surface area (TPSA) is 115 Å². The number of aryl methyl sites for hydroxylation is 2. The Morgan fingerprint density at radius 3 is 2.58 bits per heavy atom. The van der Waals surface area contributed by atoms with Crippen LogP contribution < -0.4 is 15.8 Å². The molecule has 1 saturated heterocycles. The van der Waals surface area contributed by atoms with Gasteiger partial charge in [-0.2, -0.15) is 10.4 Å². The lowest BCUT2D eigenvalue weighted by molar-refractivity contribution is 0.208. The van der Waals surface area contributed by atoms with E-state index in [1.54, 1.807) is 17.0 Å². The monoisotopic (exact) mass is 418 g/mol. The third-order valence-electron chi connectivity index (χ3n) is 5.62. The van der Waals surface area contributed by atoms with Crippen molar-refractivity contribution in [3.63, 3.8) is 0 Å². The van der Waals surface area contributed by atoms with Crippen LogP contribution in [0.25, 0.3) is 11.0 Å². The van der Waals surface area contributed by atoms with E-state index < -0.39 is 5.63 Å². The van der Waals surface area contributed by atoms with Gasteiger partial charge < -0.3 is 19.5 Å². The fraction of sp³-hybridized carbons (Fsp3) is 0.318. The molecule has 2 aromatic heterocycles. The van der Waals surface area contributed by atoms with Crippen molar-refractivity contribution in [1.29, 1.82) is 5.26 Å². The van der Waals surface area contributed by atoms with Crippen LogP contribution in [0.2, 0.25) is 0 Å². The van der Waals surface area contributed by atoms with Crippen molar-refractivity contribution in [2.75, 3.05) is 36.4 Å². The van der Waals surface area contributed by atoms with Gasteiger partial charge in [0.2, 0.25) is 0 Å². The lowest BCUT2D eigenvalue weighted by Gasteiger charge is -2.35. The van der Waals surface area contributed by atoms with E-state index in [0.29, 0.717) is 48.8 Å². The van der Waals surface area contributed by atoms with Crippen LogP contribution in [0.1, 0.15) is 22.4 Å². The van der Waals surface area contributed by atoms with Gasteiger partial charge in [0, 0.05) is 49.4 Å². The number of amides is 2. The first-order valence-electron chi connectivity index (χ1n) is 9.96. The van der Waals surface area contributed by atoms with Crippen molar-refractivity contribution in [3.05, 3.63) is 57.1 Å². The standard InChI is InChI=1S/C22H22N6O3/c1-13-10-20(29)31-19-11-16(4-5-17(13)19)24-22(30)28-8-6-27(7-9-28)21-18(12-23)14(2)15(3)25-26-21/h4-5,10-11H,6-9H2,1-3H3,(H,24,30). The van der Waals surface area contributed by atoms with Crippen LogP contribution in [0.5, 0.6) is 0 Å². The number of piperazine rings is 1. The van der Waals surface area contributed by atoms with E-state index in [1.165, 1.54) is 6.07 Å². The zero-order valence-electron chi connectivity index (χ0n) is 17.6. The largest absolute Gasteiger partial charge is 0.423 e. The molecule has 1 aromatic carbocycles. The van der Waals surface area contributed by atoms with Crippen LogP contribution >= 0.6 is 0 Å². The summed E-state index contributed by atoms with van der Waals surface area (Å²) >= 11 is 0. The minimum Gasteiger partial charge on any atom is -0.423 e. The average Bonchev–Trinajstić information content (AvgIpc) is 2.75. The van der Waals surface area contributed by atoms with Crippen LogP contribution in [0.4, 0.5) is 16.3 Å². The SMILES string of the molecule is Cc1nnc(N2CCN(C(=O)Nc3ccc4c(C)cc(=O)oc4c3)CC2)c(C#N)c1C. The summed E-state index contributed by atoms with van der Waals surface area (Å²) in [5, 5.41) is 21.6. The molecule has 158 valence electrons. The maximum absolute atomic E-state index is 12.7. The molecule has 3 heterocycles. The first-order valence-corrected chi connectivity index (χ1v) is 9.96. The Morgan fingerprint density at radius 2 is 1.87 bits per heavy atom. The summed E-state index contributed by atoms with van der Waals surface area (Å²) in [6.45, 7) is 7.59. The molecular formula is C22H22N6O3. The molecular weight excluding hydrogens is 396 g/mol. The predicted octanol–water partition coefficient (Wildman–Crippen LogP) is 2.73. The molecule has 1 aliphatic heterocycles. The maximum atomic E-state index is 12.7. The van der Waals surface area contributed by atoms with Crippen LogP contribution in [0.15, 0.2) is 33.5 Å². The first-order chi connectivity index (χ1) is 14.9. The summed E-state index contributed by atoms with van der Waals surface area (Å²) in [4.78, 5) is 28.0. The number of carbonyl (C=O) groups excluding carboxylic acids is 1. The molecule has 0 radical (unpaired) electrons. The number of nitrogens with one attached hydrogen (secondary N) is 1. The van der Waals surface area contributed by atoms with Gasteiger partial charge >= 0.3 is 11.7 Å². The van der Waals surface area contributed by atoms with Crippen LogP contribution in [0, 0.1) is 32.1 Å². The normalized spacial score (nSPS) is 13.9. The van der Waals surface area contributed by atoms with Gasteiger partial charge in [-0.05, 0) is 44.0 Å². The summed E-state index contributed by atoms with van der Waals surface area (Å²) in [5.41, 5.74) is 3.48. The molecule has 1 aliphatic rings. The Bertz CT molecular complexity index is 1270. The van der Waals surface area contributed by atoms with E-state index in [2.05, 4.69) is 21.6 Å². The van der Waals surface area contributed by atoms with E-state index in [0.717, 1.165) is 22.2 Å². The molecule has 9 nitrogen and oxygen atoms in total. The molecule has 4 rings (SSSR count). The van der Waals surface area contributed by atoms with Gasteiger partial charge in [-0.15, -0.1) is 5.10 Å². The molecule has 0 aliphatic carbocycles. The van der Waals surface area contributed by atoms with E-state index in [-0.39, 0.29) is 6.03 Å². The molecule has 0 bridgehead atoms. The number of hydrogen-bond acceptors (Lipinski definition) is 7. The highest BCUT2D eigenvalue weighted by Gasteiger charge is 2.25. The molecule has 9 heteroatoms. The molecule has 1 N–H and O–H groups in total. The van der Waals surface area contributed by atoms with Crippen molar-refractivity contribution >= 4 is 28.5 Å². The summed E-state index contributed by atoms with van der Waals surface area (Å²) in [7, 11) is 0. The molecule has 0 spiro atoms. The van der Waals surface area contributed by atoms with Crippen LogP contribution in [0.3, 0.4) is 0 Å². The van der Waals surface area contributed by atoms with Crippen LogP contribution in [-0.4, -0.2) is 47.3 Å². The highest BCUT2D eigenvalue weighted by atomic mass is 16.4. The Balaban J connectivity index is 1.45. The molecule has 1 fully saturated rings. The molecule has 2 amide bonds. The second-order valence-electron chi connectivity index (χ2n) is 7.58. The quantitative estimate of drug-likeness (QED) is 0.636. The number of hydrogen-bond donors (Lipinski definition) is 1. The van der Waals surface area contributed by atoms with Crippen molar-refractivity contribution < 1.29 is 9.21 Å². The predicted molar refractivity (Wildman–Crippen MR) is 116 cm³/mol. The number of benzene rings is 1. The summed E-state index contributed by atoms with van der Waals surface area (Å²) in [6.07, 6.45) is 0. The van der Waals surface area contributed by atoms with E-state index in [4.69, 9.17) is 4.42 Å². The van der Waals surface area contributed by atoms with E-state index in [1.807, 2.05) is 31.7 Å². The smallest absolute Gasteiger partial charge is 0.336 e. The second kappa shape index (κ2) is 8.07. The van der Waals surface area contributed by atoms with Crippen molar-refractivity contribution in [2.45, 2.75) is 20.8 Å². The molecule has 0 saturated carbocycles. The Kier molecular flexibility index (Phi) is 5.29. The van der Waals surface area contributed by atoms with Crippen molar-refractivity contribution in [3.8, 4) is 6.07 Å². The lowest BCUT2D eigenvalue weighted by Crippen LogP contribution is -2.50. The van der Waals surface area contributed by atoms with Gasteiger partial charge in [0.25, 0.3) is 0 Å².